The van der Waals surface area contributed by atoms with Gasteiger partial charge in [-0.3, -0.25) is 4.68 Å². The molecule has 0 radical (unpaired) electrons. The van der Waals surface area contributed by atoms with Crippen molar-refractivity contribution < 1.29 is 17.9 Å². The van der Waals surface area contributed by atoms with E-state index >= 15 is 0 Å². The topological polar surface area (TPSA) is 27.1 Å². The van der Waals surface area contributed by atoms with Crippen molar-refractivity contribution >= 4 is 11.6 Å². The number of nitrogens with zero attached hydrogens (tertiary/aromatic N) is 2. The predicted octanol–water partition coefficient (Wildman–Crippen LogP) is 3.77. The van der Waals surface area contributed by atoms with Gasteiger partial charge >= 0.3 is 6.18 Å². The number of benzene rings is 1. The largest absolute Gasteiger partial charge is 0.497 e. The van der Waals surface area contributed by atoms with Crippen molar-refractivity contribution in [1.29, 1.82) is 0 Å². The van der Waals surface area contributed by atoms with E-state index < -0.39 is 16.9 Å². The van der Waals surface area contributed by atoms with Gasteiger partial charge in [0.25, 0.3) is 0 Å². The van der Waals surface area contributed by atoms with Gasteiger partial charge in [0, 0.05) is 12.6 Å². The molecular formula is C12H10ClF3N2O. The third kappa shape index (κ3) is 2.53. The molecule has 7 heteroatoms. The molecule has 0 aliphatic carbocycles. The average Bonchev–Trinajstić information content (AvgIpc) is 2.64. The molecule has 0 saturated heterocycles. The van der Waals surface area contributed by atoms with Crippen LogP contribution in [0.4, 0.5) is 13.2 Å². The number of hydrogen-bond donors (Lipinski definition) is 0. The lowest BCUT2D eigenvalue weighted by atomic mass is 10.1. The van der Waals surface area contributed by atoms with Gasteiger partial charge in [0.1, 0.15) is 11.4 Å². The Bertz CT molecular complexity index is 590. The maximum atomic E-state index is 12.8. The first-order valence-electron chi connectivity index (χ1n) is 5.28. The van der Waals surface area contributed by atoms with Gasteiger partial charge in [-0.2, -0.15) is 18.3 Å². The van der Waals surface area contributed by atoms with E-state index in [4.69, 9.17) is 16.3 Å². The lowest BCUT2D eigenvalue weighted by Crippen LogP contribution is -2.12. The Balaban J connectivity index is 2.51. The lowest BCUT2D eigenvalue weighted by Gasteiger charge is -2.06. The molecule has 0 unspecified atom stereocenters. The zero-order valence-corrected chi connectivity index (χ0v) is 10.9. The van der Waals surface area contributed by atoms with Gasteiger partial charge in [0.05, 0.1) is 12.1 Å². The molecule has 2 rings (SSSR count). The number of aryl methyl sites for hydroxylation is 1. The number of halogens is 4. The van der Waals surface area contributed by atoms with Crippen molar-refractivity contribution in [3.05, 3.63) is 35.0 Å². The van der Waals surface area contributed by atoms with Gasteiger partial charge in [0.2, 0.25) is 0 Å². The molecule has 19 heavy (non-hydrogen) atoms. The van der Waals surface area contributed by atoms with Crippen molar-refractivity contribution in [3.63, 3.8) is 0 Å². The first kappa shape index (κ1) is 13.7. The Morgan fingerprint density at radius 1 is 1.21 bits per heavy atom. The quantitative estimate of drug-likeness (QED) is 0.842. The Hall–Kier alpha value is -1.69. The van der Waals surface area contributed by atoms with Crippen LogP contribution >= 0.6 is 11.6 Å². The zero-order valence-electron chi connectivity index (χ0n) is 10.1. The number of alkyl halides is 3. The maximum absolute atomic E-state index is 12.8. The second kappa shape index (κ2) is 4.77. The van der Waals surface area contributed by atoms with Crippen LogP contribution in [0, 0.1) is 0 Å². The Kier molecular flexibility index (Phi) is 3.45. The maximum Gasteiger partial charge on any atom is 0.434 e. The van der Waals surface area contributed by atoms with E-state index in [-0.39, 0.29) is 5.69 Å². The summed E-state index contributed by atoms with van der Waals surface area (Å²) in [4.78, 5) is 0. The molecule has 0 amide bonds. The molecule has 0 aliphatic heterocycles. The van der Waals surface area contributed by atoms with Crippen LogP contribution in [0.2, 0.25) is 5.02 Å². The number of ether oxygens (including phenoxy) is 1. The highest BCUT2D eigenvalue weighted by atomic mass is 35.5. The molecule has 0 atom stereocenters. The molecule has 0 bridgehead atoms. The summed E-state index contributed by atoms with van der Waals surface area (Å²) in [5.41, 5.74) is -0.365. The van der Waals surface area contributed by atoms with Gasteiger partial charge in [-0.05, 0) is 24.3 Å². The molecule has 0 saturated carbocycles. The first-order chi connectivity index (χ1) is 8.84. The molecule has 102 valence electrons. The van der Waals surface area contributed by atoms with Gasteiger partial charge in [0.15, 0.2) is 5.69 Å². The fourth-order valence-corrected chi connectivity index (χ4v) is 2.12. The van der Waals surface area contributed by atoms with Crippen molar-refractivity contribution in [3.8, 4) is 17.0 Å². The summed E-state index contributed by atoms with van der Waals surface area (Å²) in [6, 6.07) is 6.47. The summed E-state index contributed by atoms with van der Waals surface area (Å²) < 4.78 is 44.1. The number of rotatable bonds is 2. The van der Waals surface area contributed by atoms with Crippen LogP contribution in [0.25, 0.3) is 11.3 Å². The van der Waals surface area contributed by atoms with Crippen molar-refractivity contribution in [2.75, 3.05) is 7.11 Å². The molecule has 0 N–H and O–H groups in total. The number of methoxy groups -OCH3 is 1. The van der Waals surface area contributed by atoms with Crippen molar-refractivity contribution in [2.45, 2.75) is 6.18 Å². The van der Waals surface area contributed by atoms with Gasteiger partial charge in [-0.15, -0.1) is 0 Å². The molecule has 3 nitrogen and oxygen atoms in total. The molecular weight excluding hydrogens is 281 g/mol. The summed E-state index contributed by atoms with van der Waals surface area (Å²) in [7, 11) is 2.71. The van der Waals surface area contributed by atoms with Gasteiger partial charge in [-0.25, -0.2) is 0 Å². The highest BCUT2D eigenvalue weighted by Crippen LogP contribution is 2.39. The third-order valence-corrected chi connectivity index (χ3v) is 2.98. The average molecular weight is 291 g/mol. The number of aromatic nitrogens is 2. The Labute approximate surface area is 112 Å². The summed E-state index contributed by atoms with van der Waals surface area (Å²) in [5.74, 6) is 0.604. The fourth-order valence-electron chi connectivity index (χ4n) is 1.74. The predicted molar refractivity (Wildman–Crippen MR) is 65.2 cm³/mol. The standard InChI is InChI=1S/C12H10ClF3N2O/c1-18-11(12(14,15)16)9(13)10(17-18)7-3-5-8(19-2)6-4-7/h3-6H,1-2H3. The van der Waals surface area contributed by atoms with Crippen LogP contribution in [0.15, 0.2) is 24.3 Å². The van der Waals surface area contributed by atoms with Crippen LogP contribution in [-0.2, 0) is 13.2 Å². The zero-order chi connectivity index (χ0) is 14.2. The van der Waals surface area contributed by atoms with Gasteiger partial charge < -0.3 is 4.74 Å². The molecule has 1 heterocycles. The summed E-state index contributed by atoms with van der Waals surface area (Å²) in [5, 5.41) is 3.42. The van der Waals surface area contributed by atoms with Gasteiger partial charge in [-0.1, -0.05) is 11.6 Å². The fraction of sp³-hybridized carbons (Fsp3) is 0.250. The van der Waals surface area contributed by atoms with Crippen LogP contribution in [0.1, 0.15) is 5.69 Å². The highest BCUT2D eigenvalue weighted by molar-refractivity contribution is 6.33. The van der Waals surface area contributed by atoms with E-state index in [1.165, 1.54) is 14.2 Å². The van der Waals surface area contributed by atoms with E-state index in [1.807, 2.05) is 0 Å². The monoisotopic (exact) mass is 290 g/mol. The van der Waals surface area contributed by atoms with E-state index in [0.29, 0.717) is 11.3 Å². The lowest BCUT2D eigenvalue weighted by molar-refractivity contribution is -0.143. The molecule has 0 spiro atoms. The highest BCUT2D eigenvalue weighted by Gasteiger charge is 2.38. The minimum Gasteiger partial charge on any atom is -0.497 e. The Morgan fingerprint density at radius 2 is 1.79 bits per heavy atom. The Morgan fingerprint density at radius 3 is 2.21 bits per heavy atom. The van der Waals surface area contributed by atoms with Crippen LogP contribution in [0.5, 0.6) is 5.75 Å². The third-order valence-electron chi connectivity index (χ3n) is 2.62. The van der Waals surface area contributed by atoms with Crippen LogP contribution in [-0.4, -0.2) is 16.9 Å². The SMILES string of the molecule is COc1ccc(-c2nn(C)c(C(F)(F)F)c2Cl)cc1. The summed E-state index contributed by atoms with van der Waals surface area (Å²) >= 11 is 5.79. The second-order valence-electron chi connectivity index (χ2n) is 3.86. The van der Waals surface area contributed by atoms with Crippen LogP contribution < -0.4 is 4.74 Å². The molecule has 1 aromatic carbocycles. The molecule has 0 fully saturated rings. The normalized spacial score (nSPS) is 11.7. The minimum atomic E-state index is -4.54. The summed E-state index contributed by atoms with van der Waals surface area (Å²) in [6.45, 7) is 0. The minimum absolute atomic E-state index is 0.0964. The van der Waals surface area contributed by atoms with Crippen molar-refractivity contribution in [2.24, 2.45) is 7.05 Å². The van der Waals surface area contributed by atoms with E-state index in [9.17, 15) is 13.2 Å². The summed E-state index contributed by atoms with van der Waals surface area (Å²) in [6.07, 6.45) is -4.54. The first-order valence-corrected chi connectivity index (χ1v) is 5.66. The van der Waals surface area contributed by atoms with E-state index in [1.54, 1.807) is 24.3 Å². The van der Waals surface area contributed by atoms with E-state index in [0.717, 1.165) is 4.68 Å². The smallest absolute Gasteiger partial charge is 0.434 e. The van der Waals surface area contributed by atoms with Crippen LogP contribution in [0.3, 0.4) is 0 Å². The number of hydrogen-bond acceptors (Lipinski definition) is 2. The molecule has 1 aromatic heterocycles. The second-order valence-corrected chi connectivity index (χ2v) is 4.24. The molecule has 2 aromatic rings. The van der Waals surface area contributed by atoms with Crippen molar-refractivity contribution in [1.82, 2.24) is 9.78 Å². The molecule has 0 aliphatic rings. The van der Waals surface area contributed by atoms with E-state index in [2.05, 4.69) is 5.10 Å².